The van der Waals surface area contributed by atoms with Crippen LogP contribution in [0.4, 0.5) is 5.69 Å². The summed E-state index contributed by atoms with van der Waals surface area (Å²) in [4.78, 5) is 11.0. The molecule has 1 heterocycles. The van der Waals surface area contributed by atoms with E-state index in [1.807, 2.05) is 36.4 Å². The molecule has 0 aromatic heterocycles. The van der Waals surface area contributed by atoms with Gasteiger partial charge in [0.25, 0.3) is 10.0 Å². The first-order valence-electron chi connectivity index (χ1n) is 10.4. The van der Waals surface area contributed by atoms with Gasteiger partial charge in [-0.3, -0.25) is 9.10 Å². The Morgan fingerprint density at radius 3 is 2.40 bits per heavy atom. The molecule has 7 heteroatoms. The van der Waals surface area contributed by atoms with Crippen LogP contribution in [0.15, 0.2) is 47.4 Å². The Labute approximate surface area is 192 Å². The summed E-state index contributed by atoms with van der Waals surface area (Å²) in [6, 6.07) is 13.5. The highest BCUT2D eigenvalue weighted by Crippen LogP contribution is 2.43. The molecule has 2 aromatic rings. The molecule has 0 saturated carbocycles. The van der Waals surface area contributed by atoms with Gasteiger partial charge in [0.05, 0.1) is 10.6 Å². The number of anilines is 1. The van der Waals surface area contributed by atoms with Gasteiger partial charge in [0.1, 0.15) is 0 Å². The van der Waals surface area contributed by atoms with Crippen LogP contribution in [-0.2, 0) is 14.8 Å². The summed E-state index contributed by atoms with van der Waals surface area (Å²) in [6.45, 7) is 0. The molecule has 162 valence electrons. The molecule has 1 aliphatic heterocycles. The van der Waals surface area contributed by atoms with E-state index in [4.69, 9.17) is 5.11 Å². The lowest BCUT2D eigenvalue weighted by atomic mass is 9.85. The maximum absolute atomic E-state index is 13.3. The Hall–Kier alpha value is -1.61. The van der Waals surface area contributed by atoms with Crippen molar-refractivity contribution in [2.75, 3.05) is 11.4 Å². The SMILES string of the molecule is CN1c2ccccc2C(CCCCCCCCC(=O)O)c2ccc(I)cc2S1(=O)=O. The largest absolute Gasteiger partial charge is 0.481 e. The van der Waals surface area contributed by atoms with Gasteiger partial charge in [-0.25, -0.2) is 8.42 Å². The fraction of sp³-hybridized carbons (Fsp3) is 0.435. The van der Waals surface area contributed by atoms with Gasteiger partial charge in [0.15, 0.2) is 0 Å². The molecule has 0 fully saturated rings. The summed E-state index contributed by atoms with van der Waals surface area (Å²) in [7, 11) is -1.96. The molecule has 3 rings (SSSR count). The van der Waals surface area contributed by atoms with Gasteiger partial charge < -0.3 is 5.11 Å². The van der Waals surface area contributed by atoms with Gasteiger partial charge in [-0.2, -0.15) is 0 Å². The van der Waals surface area contributed by atoms with E-state index in [0.717, 1.165) is 65.3 Å². The van der Waals surface area contributed by atoms with Crippen LogP contribution in [0.5, 0.6) is 0 Å². The molecule has 30 heavy (non-hydrogen) atoms. The van der Waals surface area contributed by atoms with Gasteiger partial charge in [-0.05, 0) is 64.8 Å². The minimum absolute atomic E-state index is 0.0416. The number of nitrogens with zero attached hydrogens (tertiary/aromatic N) is 1. The van der Waals surface area contributed by atoms with Crippen molar-refractivity contribution in [1.82, 2.24) is 0 Å². The molecule has 1 aliphatic rings. The van der Waals surface area contributed by atoms with E-state index in [1.54, 1.807) is 13.1 Å². The number of carboxylic acids is 1. The summed E-state index contributed by atoms with van der Waals surface area (Å²) >= 11 is 2.16. The minimum atomic E-state index is -3.60. The normalized spacial score (nSPS) is 17.1. The van der Waals surface area contributed by atoms with Gasteiger partial charge in [-0.15, -0.1) is 0 Å². The number of halogens is 1. The van der Waals surface area contributed by atoms with Crippen molar-refractivity contribution in [2.24, 2.45) is 0 Å². The molecule has 0 aliphatic carbocycles. The van der Waals surface area contributed by atoms with E-state index in [9.17, 15) is 13.2 Å². The first kappa shape index (κ1) is 23.1. The molecule has 5 nitrogen and oxygen atoms in total. The molecule has 1 unspecified atom stereocenters. The Balaban J connectivity index is 1.77. The summed E-state index contributed by atoms with van der Waals surface area (Å²) in [5, 5.41) is 8.71. The van der Waals surface area contributed by atoms with E-state index < -0.39 is 16.0 Å². The lowest BCUT2D eigenvalue weighted by molar-refractivity contribution is -0.137. The zero-order chi connectivity index (χ0) is 21.7. The Kier molecular flexibility index (Phi) is 7.79. The standard InChI is InChI=1S/C23H28INO4S/c1-25-21-12-9-8-11-19(21)18(10-6-4-2-3-5-7-13-23(26)27)20-15-14-17(24)16-22(20)30(25,28)29/h8-9,11-12,14-16,18H,2-7,10,13H2,1H3,(H,26,27). The third-order valence-corrected chi connectivity index (χ3v) is 8.27. The summed E-state index contributed by atoms with van der Waals surface area (Å²) in [6.07, 6.45) is 7.01. The van der Waals surface area contributed by atoms with Crippen molar-refractivity contribution in [2.45, 2.75) is 62.2 Å². The molecule has 0 radical (unpaired) electrons. The number of hydrogen-bond acceptors (Lipinski definition) is 3. The topological polar surface area (TPSA) is 74.7 Å². The smallest absolute Gasteiger partial charge is 0.303 e. The van der Waals surface area contributed by atoms with E-state index in [1.165, 1.54) is 4.31 Å². The molecular weight excluding hydrogens is 513 g/mol. The fourth-order valence-corrected chi connectivity index (χ4v) is 6.38. The van der Waals surface area contributed by atoms with Crippen molar-refractivity contribution in [3.8, 4) is 0 Å². The van der Waals surface area contributed by atoms with Crippen molar-refractivity contribution < 1.29 is 18.3 Å². The Bertz CT molecular complexity index is 1010. The average molecular weight is 541 g/mol. The number of carboxylic acid groups (broad SMARTS) is 1. The van der Waals surface area contributed by atoms with Gasteiger partial charge in [0, 0.05) is 23.0 Å². The lowest BCUT2D eigenvalue weighted by Crippen LogP contribution is -2.26. The predicted molar refractivity (Wildman–Crippen MR) is 128 cm³/mol. The van der Waals surface area contributed by atoms with E-state index >= 15 is 0 Å². The third kappa shape index (κ3) is 5.17. The van der Waals surface area contributed by atoms with Crippen LogP contribution >= 0.6 is 22.6 Å². The highest BCUT2D eigenvalue weighted by Gasteiger charge is 2.34. The second-order valence-corrected chi connectivity index (χ2v) is 11.0. The van der Waals surface area contributed by atoms with Crippen LogP contribution in [0.3, 0.4) is 0 Å². The number of carbonyl (C=O) groups is 1. The van der Waals surface area contributed by atoms with E-state index in [-0.39, 0.29) is 12.3 Å². The number of fused-ring (bicyclic) bond motifs is 2. The maximum atomic E-state index is 13.3. The van der Waals surface area contributed by atoms with Crippen LogP contribution < -0.4 is 4.31 Å². The molecule has 0 bridgehead atoms. The number of para-hydroxylation sites is 1. The van der Waals surface area contributed by atoms with Crippen LogP contribution in [0.2, 0.25) is 0 Å². The van der Waals surface area contributed by atoms with E-state index in [2.05, 4.69) is 22.6 Å². The van der Waals surface area contributed by atoms with Crippen LogP contribution in [0, 0.1) is 3.57 Å². The summed E-state index contributed by atoms with van der Waals surface area (Å²) in [5.74, 6) is -0.685. The number of aliphatic carboxylic acids is 1. The number of unbranched alkanes of at least 4 members (excludes halogenated alkanes) is 5. The number of rotatable bonds is 9. The van der Waals surface area contributed by atoms with E-state index in [0.29, 0.717) is 4.90 Å². The Morgan fingerprint density at radius 1 is 1.00 bits per heavy atom. The highest BCUT2D eigenvalue weighted by molar-refractivity contribution is 14.1. The second kappa shape index (κ2) is 10.1. The minimum Gasteiger partial charge on any atom is -0.481 e. The first-order valence-corrected chi connectivity index (χ1v) is 12.9. The van der Waals surface area contributed by atoms with Crippen LogP contribution in [0.25, 0.3) is 0 Å². The maximum Gasteiger partial charge on any atom is 0.303 e. The second-order valence-electron chi connectivity index (χ2n) is 7.82. The van der Waals surface area contributed by atoms with Gasteiger partial charge >= 0.3 is 5.97 Å². The quantitative estimate of drug-likeness (QED) is 0.323. The monoisotopic (exact) mass is 541 g/mol. The Morgan fingerprint density at radius 2 is 1.67 bits per heavy atom. The molecule has 0 spiro atoms. The summed E-state index contributed by atoms with van der Waals surface area (Å²) in [5.41, 5.74) is 2.70. The molecular formula is C23H28INO4S. The van der Waals surface area contributed by atoms with Crippen molar-refractivity contribution in [3.63, 3.8) is 0 Å². The van der Waals surface area contributed by atoms with Crippen LogP contribution in [-0.4, -0.2) is 26.5 Å². The number of sulfonamides is 1. The molecule has 1 atom stereocenters. The van der Waals surface area contributed by atoms with Crippen LogP contribution in [0.1, 0.15) is 68.4 Å². The fourth-order valence-electron chi connectivity index (χ4n) is 4.18. The predicted octanol–water partition coefficient (Wildman–Crippen LogP) is 5.77. The molecule has 2 aromatic carbocycles. The zero-order valence-corrected chi connectivity index (χ0v) is 20.2. The lowest BCUT2D eigenvalue weighted by Gasteiger charge is -2.21. The molecule has 0 amide bonds. The van der Waals surface area contributed by atoms with Gasteiger partial charge in [-0.1, -0.05) is 56.4 Å². The third-order valence-electron chi connectivity index (χ3n) is 5.77. The number of benzene rings is 2. The number of hydrogen-bond donors (Lipinski definition) is 1. The average Bonchev–Trinajstić information content (AvgIpc) is 2.78. The van der Waals surface area contributed by atoms with Crippen molar-refractivity contribution in [3.05, 3.63) is 57.2 Å². The zero-order valence-electron chi connectivity index (χ0n) is 17.2. The molecule has 0 saturated heterocycles. The van der Waals surface area contributed by atoms with Crippen molar-refractivity contribution >= 4 is 44.3 Å². The molecule has 1 N–H and O–H groups in total. The van der Waals surface area contributed by atoms with Crippen molar-refractivity contribution in [1.29, 1.82) is 0 Å². The first-order chi connectivity index (χ1) is 14.3. The summed E-state index contributed by atoms with van der Waals surface area (Å²) < 4.78 is 28.9. The van der Waals surface area contributed by atoms with Gasteiger partial charge in [0.2, 0.25) is 0 Å². The highest BCUT2D eigenvalue weighted by atomic mass is 127.